The van der Waals surface area contributed by atoms with Crippen LogP contribution in [-0.4, -0.2) is 20.6 Å². The van der Waals surface area contributed by atoms with Gasteiger partial charge in [-0.25, -0.2) is 0 Å². The largest absolute Gasteiger partial charge is 0.388 e. The zero-order valence-corrected chi connectivity index (χ0v) is 11.0. The summed E-state index contributed by atoms with van der Waals surface area (Å²) >= 11 is 0. The lowest BCUT2D eigenvalue weighted by Gasteiger charge is -2.01. The first-order valence-corrected chi connectivity index (χ1v) is 5.55. The number of hydrogen-bond acceptors (Lipinski definition) is 3. The number of carbonyl (C=O) groups excluding carboxylic acids is 2. The second-order valence-corrected chi connectivity index (χ2v) is 3.75. The fourth-order valence-electron chi connectivity index (χ4n) is 1.02. The molecule has 0 aromatic heterocycles. The number of benzene rings is 1. The Kier molecular flexibility index (Phi) is 13.0. The first-order valence-electron chi connectivity index (χ1n) is 5.55. The Morgan fingerprint density at radius 3 is 1.76 bits per heavy atom. The maximum Gasteiger partial charge on any atom is 0.106 e. The molecule has 1 N–H and O–H groups in total. The fraction of sp³-hybridized carbons (Fsp3) is 0.429. The van der Waals surface area contributed by atoms with E-state index in [-0.39, 0.29) is 0 Å². The van der Waals surface area contributed by atoms with Crippen LogP contribution in [0, 0.1) is 12.8 Å². The molecule has 2 rings (SSSR count). The maximum absolute atomic E-state index is 8.00. The van der Waals surface area contributed by atoms with Gasteiger partial charge in [-0.3, -0.25) is 0 Å². The zero-order chi connectivity index (χ0) is 13.7. The molecule has 0 unspecified atom stereocenters. The average Bonchev–Trinajstić information content (AvgIpc) is 3.18. The van der Waals surface area contributed by atoms with Crippen LogP contribution in [0.1, 0.15) is 25.3 Å². The van der Waals surface area contributed by atoms with Crippen molar-refractivity contribution in [3.05, 3.63) is 29.8 Å². The molecular formula is C14H23NO2. The third kappa shape index (κ3) is 10.6. The van der Waals surface area contributed by atoms with Gasteiger partial charge < -0.3 is 14.9 Å². The van der Waals surface area contributed by atoms with Gasteiger partial charge in [0.1, 0.15) is 13.6 Å². The number of rotatable bonds is 1. The van der Waals surface area contributed by atoms with Crippen molar-refractivity contribution in [2.45, 2.75) is 26.7 Å². The second-order valence-electron chi connectivity index (χ2n) is 3.75. The van der Waals surface area contributed by atoms with Crippen molar-refractivity contribution < 1.29 is 9.59 Å². The van der Waals surface area contributed by atoms with E-state index in [0.29, 0.717) is 0 Å². The number of nitrogens with one attached hydrogen (secondary N) is 1. The molecule has 0 atom stereocenters. The molecule has 1 aliphatic carbocycles. The van der Waals surface area contributed by atoms with E-state index >= 15 is 0 Å². The highest BCUT2D eigenvalue weighted by Gasteiger charge is 2.12. The molecule has 1 saturated carbocycles. The minimum absolute atomic E-state index is 1.08. The van der Waals surface area contributed by atoms with Crippen LogP contribution in [0.2, 0.25) is 0 Å². The van der Waals surface area contributed by atoms with Gasteiger partial charge in [0.25, 0.3) is 0 Å². The minimum atomic E-state index is 1.08. The molecule has 0 radical (unpaired) electrons. The van der Waals surface area contributed by atoms with E-state index in [4.69, 9.17) is 9.59 Å². The first kappa shape index (κ1) is 17.7. The van der Waals surface area contributed by atoms with Crippen LogP contribution in [-0.2, 0) is 9.59 Å². The van der Waals surface area contributed by atoms with E-state index in [1.807, 2.05) is 32.8 Å². The highest BCUT2D eigenvalue weighted by atomic mass is 16.1. The topological polar surface area (TPSA) is 46.2 Å². The van der Waals surface area contributed by atoms with Crippen molar-refractivity contribution in [3.8, 4) is 0 Å². The van der Waals surface area contributed by atoms with Crippen LogP contribution in [0.15, 0.2) is 24.3 Å². The van der Waals surface area contributed by atoms with Crippen LogP contribution in [0.25, 0.3) is 0 Å². The third-order valence-electron chi connectivity index (χ3n) is 2.28. The molecule has 96 valence electrons. The number of anilines is 1. The number of carbonyl (C=O) groups is 2. The van der Waals surface area contributed by atoms with Crippen LogP contribution in [0.5, 0.6) is 0 Å². The Labute approximate surface area is 104 Å². The summed E-state index contributed by atoms with van der Waals surface area (Å²) in [5.74, 6) is 1.08. The molecule has 1 fully saturated rings. The van der Waals surface area contributed by atoms with E-state index in [1.165, 1.54) is 24.1 Å². The molecule has 0 bridgehead atoms. The molecule has 1 aliphatic rings. The summed E-state index contributed by atoms with van der Waals surface area (Å²) in [5, 5.41) is 3.10. The van der Waals surface area contributed by atoms with Crippen molar-refractivity contribution in [2.75, 3.05) is 12.4 Å². The monoisotopic (exact) mass is 237 g/mol. The summed E-state index contributed by atoms with van der Waals surface area (Å²) in [5.41, 5.74) is 2.50. The minimum Gasteiger partial charge on any atom is -0.388 e. The van der Waals surface area contributed by atoms with E-state index in [9.17, 15) is 0 Å². The van der Waals surface area contributed by atoms with E-state index < -0.39 is 0 Å². The predicted molar refractivity (Wildman–Crippen MR) is 73.4 cm³/mol. The lowest BCUT2D eigenvalue weighted by Crippen LogP contribution is -1.89. The summed E-state index contributed by atoms with van der Waals surface area (Å²) in [7, 11) is 1.93. The van der Waals surface area contributed by atoms with E-state index in [1.54, 1.807) is 0 Å². The second kappa shape index (κ2) is 12.4. The Balaban J connectivity index is 0. The van der Waals surface area contributed by atoms with E-state index in [2.05, 4.69) is 31.3 Å². The smallest absolute Gasteiger partial charge is 0.106 e. The summed E-state index contributed by atoms with van der Waals surface area (Å²) < 4.78 is 0. The average molecular weight is 237 g/mol. The van der Waals surface area contributed by atoms with Crippen molar-refractivity contribution in [1.82, 2.24) is 0 Å². The van der Waals surface area contributed by atoms with Crippen LogP contribution >= 0.6 is 0 Å². The fourth-order valence-corrected chi connectivity index (χ4v) is 1.02. The Hall–Kier alpha value is -1.64. The Bertz CT molecular complexity index is 283. The quantitative estimate of drug-likeness (QED) is 0.816. The molecule has 1 aromatic rings. The molecule has 0 heterocycles. The summed E-state index contributed by atoms with van der Waals surface area (Å²) in [4.78, 5) is 16.0. The van der Waals surface area contributed by atoms with E-state index in [0.717, 1.165) is 5.92 Å². The zero-order valence-electron chi connectivity index (χ0n) is 11.0. The summed E-state index contributed by atoms with van der Waals surface area (Å²) in [6.45, 7) is 8.37. The Morgan fingerprint density at radius 2 is 1.53 bits per heavy atom. The van der Waals surface area contributed by atoms with Crippen molar-refractivity contribution in [1.29, 1.82) is 0 Å². The molecule has 0 spiro atoms. The molecular weight excluding hydrogens is 214 g/mol. The standard InChI is InChI=1S/C8H11N.C4H8.2CH2O/c1-7-5-3-4-6-8(7)9-2;1-4-2-3-4;2*1-2/h3-6,9H,1-2H3;4H,2-3H2,1H3;2*1H2. The summed E-state index contributed by atoms with van der Waals surface area (Å²) in [6.07, 6.45) is 2.97. The lowest BCUT2D eigenvalue weighted by atomic mass is 10.2. The molecule has 3 heteroatoms. The normalized spacial score (nSPS) is 11.5. The SMILES string of the molecule is C=O.C=O.CC1CC1.CNc1ccccc1C. The van der Waals surface area contributed by atoms with Gasteiger partial charge in [-0.05, 0) is 24.5 Å². The van der Waals surface area contributed by atoms with Crippen LogP contribution < -0.4 is 5.32 Å². The number of aryl methyl sites for hydroxylation is 1. The molecule has 0 aliphatic heterocycles. The van der Waals surface area contributed by atoms with Crippen molar-refractivity contribution in [2.24, 2.45) is 5.92 Å². The van der Waals surface area contributed by atoms with Gasteiger partial charge in [-0.2, -0.15) is 0 Å². The van der Waals surface area contributed by atoms with Gasteiger partial charge in [0.2, 0.25) is 0 Å². The first-order chi connectivity index (χ1) is 8.24. The van der Waals surface area contributed by atoms with Gasteiger partial charge in [0.05, 0.1) is 0 Å². The van der Waals surface area contributed by atoms with Gasteiger partial charge >= 0.3 is 0 Å². The van der Waals surface area contributed by atoms with Gasteiger partial charge in [-0.15, -0.1) is 0 Å². The van der Waals surface area contributed by atoms with Crippen molar-refractivity contribution in [3.63, 3.8) is 0 Å². The van der Waals surface area contributed by atoms with Crippen LogP contribution in [0.3, 0.4) is 0 Å². The molecule has 3 nitrogen and oxygen atoms in total. The molecule has 0 saturated heterocycles. The lowest BCUT2D eigenvalue weighted by molar-refractivity contribution is -0.0987. The third-order valence-corrected chi connectivity index (χ3v) is 2.28. The predicted octanol–water partition coefficient (Wildman–Crippen LogP) is 3.08. The van der Waals surface area contributed by atoms with Crippen molar-refractivity contribution >= 4 is 19.3 Å². The molecule has 0 amide bonds. The Morgan fingerprint density at radius 1 is 1.12 bits per heavy atom. The van der Waals surface area contributed by atoms with Gasteiger partial charge in [-0.1, -0.05) is 38.0 Å². The summed E-state index contributed by atoms with van der Waals surface area (Å²) in [6, 6.07) is 8.22. The highest BCUT2D eigenvalue weighted by molar-refractivity contribution is 5.49. The van der Waals surface area contributed by atoms with Gasteiger partial charge in [0.15, 0.2) is 0 Å². The van der Waals surface area contributed by atoms with Crippen LogP contribution in [0.4, 0.5) is 5.69 Å². The van der Waals surface area contributed by atoms with Gasteiger partial charge in [0, 0.05) is 12.7 Å². The maximum atomic E-state index is 8.00. The number of para-hydroxylation sites is 1. The molecule has 17 heavy (non-hydrogen) atoms. The highest BCUT2D eigenvalue weighted by Crippen LogP contribution is 2.26. The molecule has 1 aromatic carbocycles. The number of hydrogen-bond donors (Lipinski definition) is 1.